The van der Waals surface area contributed by atoms with Crippen molar-refractivity contribution in [1.82, 2.24) is 5.32 Å². The van der Waals surface area contributed by atoms with Crippen LogP contribution in [0.25, 0.3) is 0 Å². The molecule has 0 aromatic heterocycles. The van der Waals surface area contributed by atoms with Crippen LogP contribution in [0.4, 0.5) is 0 Å². The number of hydrogen-bond acceptors (Lipinski definition) is 2. The zero-order valence-corrected chi connectivity index (χ0v) is 9.18. The van der Waals surface area contributed by atoms with E-state index in [1.165, 1.54) is 25.7 Å². The summed E-state index contributed by atoms with van der Waals surface area (Å²) in [5.74, 6) is 0.941. The number of ether oxygens (including phenoxy) is 1. The van der Waals surface area contributed by atoms with Crippen LogP contribution in [0.1, 0.15) is 39.5 Å². The van der Waals surface area contributed by atoms with Crippen LogP contribution in [0.3, 0.4) is 0 Å². The molecule has 1 aliphatic carbocycles. The third kappa shape index (κ3) is 4.10. The average Bonchev–Trinajstić information content (AvgIpc) is 2.09. The molecule has 1 fully saturated rings. The highest BCUT2D eigenvalue weighted by Crippen LogP contribution is 2.23. The highest BCUT2D eigenvalue weighted by Gasteiger charge is 2.18. The number of rotatable bonds is 4. The van der Waals surface area contributed by atoms with Crippen molar-refractivity contribution in [2.24, 2.45) is 5.92 Å². The van der Waals surface area contributed by atoms with Gasteiger partial charge in [-0.15, -0.1) is 0 Å². The predicted octanol–water partition coefficient (Wildman–Crippen LogP) is 2.19. The maximum Gasteiger partial charge on any atom is 0.0613 e. The summed E-state index contributed by atoms with van der Waals surface area (Å²) in [4.78, 5) is 0. The highest BCUT2D eigenvalue weighted by atomic mass is 16.5. The molecule has 2 heteroatoms. The van der Waals surface area contributed by atoms with Crippen LogP contribution in [0.15, 0.2) is 0 Å². The molecule has 0 spiro atoms. The Morgan fingerprint density at radius 3 is 2.46 bits per heavy atom. The summed E-state index contributed by atoms with van der Waals surface area (Å²) in [6, 6.07) is 1.24. The van der Waals surface area contributed by atoms with E-state index in [1.807, 2.05) is 0 Å². The Balaban J connectivity index is 2.14. The second-order valence-corrected chi connectivity index (χ2v) is 4.48. The molecule has 1 rings (SSSR count). The molecule has 0 aromatic rings. The first-order valence-electron chi connectivity index (χ1n) is 5.47. The zero-order valence-electron chi connectivity index (χ0n) is 9.18. The number of nitrogens with one attached hydrogen (secondary N) is 1. The van der Waals surface area contributed by atoms with Gasteiger partial charge < -0.3 is 10.1 Å². The average molecular weight is 185 g/mol. The van der Waals surface area contributed by atoms with E-state index in [1.54, 1.807) is 7.11 Å². The van der Waals surface area contributed by atoms with Crippen molar-refractivity contribution in [3.63, 3.8) is 0 Å². The highest BCUT2D eigenvalue weighted by molar-refractivity contribution is 4.77. The molecule has 1 atom stereocenters. The molecule has 0 bridgehead atoms. The Bertz CT molecular complexity index is 130. The van der Waals surface area contributed by atoms with Crippen LogP contribution in [0.5, 0.6) is 0 Å². The monoisotopic (exact) mass is 185 g/mol. The zero-order chi connectivity index (χ0) is 9.68. The topological polar surface area (TPSA) is 21.3 Å². The van der Waals surface area contributed by atoms with E-state index in [4.69, 9.17) is 4.74 Å². The van der Waals surface area contributed by atoms with Gasteiger partial charge in [-0.3, -0.25) is 0 Å². The van der Waals surface area contributed by atoms with Gasteiger partial charge in [0.2, 0.25) is 0 Å². The largest absolute Gasteiger partial charge is 0.383 e. The fourth-order valence-electron chi connectivity index (χ4n) is 2.13. The van der Waals surface area contributed by atoms with Crippen LogP contribution in [-0.2, 0) is 4.74 Å². The summed E-state index contributed by atoms with van der Waals surface area (Å²) in [5, 5.41) is 3.62. The molecule has 1 saturated carbocycles. The Kier molecular flexibility index (Phi) is 4.74. The lowest BCUT2D eigenvalue weighted by atomic mass is 9.87. The van der Waals surface area contributed by atoms with Crippen LogP contribution in [0.2, 0.25) is 0 Å². The fourth-order valence-corrected chi connectivity index (χ4v) is 2.13. The van der Waals surface area contributed by atoms with Crippen molar-refractivity contribution in [2.75, 3.05) is 13.7 Å². The maximum absolute atomic E-state index is 5.10. The van der Waals surface area contributed by atoms with Crippen LogP contribution in [0, 0.1) is 5.92 Å². The molecular weight excluding hydrogens is 162 g/mol. The smallest absolute Gasteiger partial charge is 0.0613 e. The predicted molar refractivity (Wildman–Crippen MR) is 55.9 cm³/mol. The van der Waals surface area contributed by atoms with E-state index in [9.17, 15) is 0 Å². The number of methoxy groups -OCH3 is 1. The number of hydrogen-bond donors (Lipinski definition) is 1. The first-order valence-corrected chi connectivity index (χ1v) is 5.47. The van der Waals surface area contributed by atoms with Crippen LogP contribution < -0.4 is 5.32 Å². The summed E-state index contributed by atoms with van der Waals surface area (Å²) in [6.45, 7) is 5.38. The maximum atomic E-state index is 5.10. The molecule has 0 aromatic carbocycles. The van der Waals surface area contributed by atoms with Gasteiger partial charge in [-0.1, -0.05) is 6.92 Å². The molecule has 1 N–H and O–H groups in total. The van der Waals surface area contributed by atoms with Gasteiger partial charge in [-0.2, -0.15) is 0 Å². The van der Waals surface area contributed by atoms with E-state index in [2.05, 4.69) is 19.2 Å². The molecule has 0 heterocycles. The molecule has 1 unspecified atom stereocenters. The third-order valence-corrected chi connectivity index (χ3v) is 2.95. The minimum Gasteiger partial charge on any atom is -0.383 e. The van der Waals surface area contributed by atoms with Crippen LogP contribution >= 0.6 is 0 Å². The van der Waals surface area contributed by atoms with E-state index in [0.29, 0.717) is 6.04 Å². The summed E-state index contributed by atoms with van der Waals surface area (Å²) >= 11 is 0. The van der Waals surface area contributed by atoms with Gasteiger partial charge >= 0.3 is 0 Å². The van der Waals surface area contributed by atoms with Gasteiger partial charge in [0.1, 0.15) is 0 Å². The van der Waals surface area contributed by atoms with Crippen LogP contribution in [-0.4, -0.2) is 25.8 Å². The molecule has 0 aliphatic heterocycles. The normalized spacial score (nSPS) is 31.6. The molecule has 0 amide bonds. The van der Waals surface area contributed by atoms with Gasteiger partial charge in [0.05, 0.1) is 6.61 Å². The molecular formula is C11H23NO. The van der Waals surface area contributed by atoms with Crippen molar-refractivity contribution in [3.8, 4) is 0 Å². The lowest BCUT2D eigenvalue weighted by Crippen LogP contribution is -2.40. The second kappa shape index (κ2) is 5.61. The van der Waals surface area contributed by atoms with E-state index >= 15 is 0 Å². The quantitative estimate of drug-likeness (QED) is 0.725. The summed E-state index contributed by atoms with van der Waals surface area (Å²) in [7, 11) is 1.77. The van der Waals surface area contributed by atoms with Gasteiger partial charge in [0.25, 0.3) is 0 Å². The second-order valence-electron chi connectivity index (χ2n) is 4.48. The minimum absolute atomic E-state index is 0.503. The van der Waals surface area contributed by atoms with Gasteiger partial charge in [-0.05, 0) is 38.5 Å². The molecule has 1 aliphatic rings. The lowest BCUT2D eigenvalue weighted by molar-refractivity contribution is 0.159. The molecule has 2 nitrogen and oxygen atoms in total. The molecule has 0 radical (unpaired) electrons. The standard InChI is InChI=1S/C11H23NO/c1-9-4-6-11(7-5-9)12-10(2)8-13-3/h9-12H,4-8H2,1-3H3/t9-,10?,11-. The van der Waals surface area contributed by atoms with Crippen molar-refractivity contribution < 1.29 is 4.74 Å². The summed E-state index contributed by atoms with van der Waals surface area (Å²) in [5.41, 5.74) is 0. The van der Waals surface area contributed by atoms with Gasteiger partial charge in [0.15, 0.2) is 0 Å². The SMILES string of the molecule is COCC(C)N[C@H]1CC[C@H](C)CC1. The Labute approximate surface area is 82.0 Å². The van der Waals surface area contributed by atoms with Crippen molar-refractivity contribution in [1.29, 1.82) is 0 Å². The molecule has 78 valence electrons. The van der Waals surface area contributed by atoms with Crippen molar-refractivity contribution in [2.45, 2.75) is 51.6 Å². The van der Waals surface area contributed by atoms with E-state index in [-0.39, 0.29) is 0 Å². The molecule has 13 heavy (non-hydrogen) atoms. The van der Waals surface area contributed by atoms with Crippen molar-refractivity contribution >= 4 is 0 Å². The fraction of sp³-hybridized carbons (Fsp3) is 1.00. The van der Waals surface area contributed by atoms with Crippen molar-refractivity contribution in [3.05, 3.63) is 0 Å². The first-order chi connectivity index (χ1) is 6.22. The first kappa shape index (κ1) is 11.0. The lowest BCUT2D eigenvalue weighted by Gasteiger charge is -2.29. The van der Waals surface area contributed by atoms with E-state index < -0.39 is 0 Å². The Morgan fingerprint density at radius 2 is 1.92 bits per heavy atom. The Hall–Kier alpha value is -0.0800. The minimum atomic E-state index is 0.503. The van der Waals surface area contributed by atoms with Gasteiger partial charge in [0, 0.05) is 19.2 Å². The summed E-state index contributed by atoms with van der Waals surface area (Å²) in [6.07, 6.45) is 5.46. The molecule has 0 saturated heterocycles. The third-order valence-electron chi connectivity index (χ3n) is 2.95. The summed E-state index contributed by atoms with van der Waals surface area (Å²) < 4.78 is 5.10. The Morgan fingerprint density at radius 1 is 1.31 bits per heavy atom. The van der Waals surface area contributed by atoms with Gasteiger partial charge in [-0.25, -0.2) is 0 Å². The van der Waals surface area contributed by atoms with E-state index in [0.717, 1.165) is 18.6 Å².